The molecule has 0 aromatic carbocycles. The van der Waals surface area contributed by atoms with Gasteiger partial charge in [-0.05, 0) is 38.9 Å². The molecule has 2 rings (SSSR count). The summed E-state index contributed by atoms with van der Waals surface area (Å²) in [6.45, 7) is 3.61. The molecule has 0 saturated carbocycles. The molecule has 18 heavy (non-hydrogen) atoms. The van der Waals surface area contributed by atoms with Gasteiger partial charge in [-0.2, -0.15) is 0 Å². The van der Waals surface area contributed by atoms with Crippen molar-refractivity contribution in [1.82, 2.24) is 10.6 Å². The highest BCUT2D eigenvalue weighted by atomic mass is 33.1. The van der Waals surface area contributed by atoms with Crippen LogP contribution in [0.25, 0.3) is 0 Å². The summed E-state index contributed by atoms with van der Waals surface area (Å²) in [5.74, 6) is 0.133. The fraction of sp³-hybridized carbons (Fsp3) is 0.833. The van der Waals surface area contributed by atoms with E-state index in [0.717, 1.165) is 58.0 Å². The number of hydrogen-bond donors (Lipinski definition) is 2. The van der Waals surface area contributed by atoms with Crippen LogP contribution in [0.4, 0.5) is 0 Å². The van der Waals surface area contributed by atoms with E-state index in [0.29, 0.717) is 5.25 Å². The summed E-state index contributed by atoms with van der Waals surface area (Å²) < 4.78 is -0.249. The molecule has 2 saturated heterocycles. The first-order valence-corrected chi connectivity index (χ1v) is 8.68. The minimum absolute atomic E-state index is 0.133. The molecule has 0 bridgehead atoms. The van der Waals surface area contributed by atoms with Gasteiger partial charge < -0.3 is 20.2 Å². The number of rotatable bonds is 5. The van der Waals surface area contributed by atoms with E-state index in [4.69, 9.17) is 0 Å². The number of carbonyl (C=O) groups excluding carboxylic acids is 2. The molecule has 0 aliphatic carbocycles. The third-order valence-corrected chi connectivity index (χ3v) is 7.38. The lowest BCUT2D eigenvalue weighted by Crippen LogP contribution is -2.42. The Kier molecular flexibility index (Phi) is 5.54. The number of aldehydes is 2. The van der Waals surface area contributed by atoms with E-state index in [1.165, 1.54) is 0 Å². The summed E-state index contributed by atoms with van der Waals surface area (Å²) in [5.41, 5.74) is 0. The van der Waals surface area contributed by atoms with Crippen LogP contribution in [-0.2, 0) is 9.59 Å². The molecule has 0 radical (unpaired) electrons. The quantitative estimate of drug-likeness (QED) is 0.578. The zero-order valence-corrected chi connectivity index (χ0v) is 12.0. The molecule has 2 atom stereocenters. The Labute approximate surface area is 116 Å². The van der Waals surface area contributed by atoms with Crippen molar-refractivity contribution in [3.8, 4) is 0 Å². The van der Waals surface area contributed by atoms with Gasteiger partial charge >= 0.3 is 0 Å². The molecule has 0 spiro atoms. The average molecular weight is 288 g/mol. The van der Waals surface area contributed by atoms with Crippen molar-refractivity contribution in [2.75, 3.05) is 26.2 Å². The highest BCUT2D eigenvalue weighted by Crippen LogP contribution is 2.44. The first-order chi connectivity index (χ1) is 8.79. The molecule has 2 aliphatic heterocycles. The Bertz CT molecular complexity index is 296. The zero-order valence-electron chi connectivity index (χ0n) is 10.4. The zero-order chi connectivity index (χ0) is 12.8. The summed E-state index contributed by atoms with van der Waals surface area (Å²) in [4.78, 5) is 22.4. The van der Waals surface area contributed by atoms with Gasteiger partial charge in [0.05, 0.1) is 4.75 Å². The molecule has 4 nitrogen and oxygen atoms in total. The summed E-state index contributed by atoms with van der Waals surface area (Å²) in [5, 5.41) is 6.90. The third-order valence-electron chi connectivity index (χ3n) is 3.65. The molecule has 2 unspecified atom stereocenters. The Hall–Kier alpha value is -0.0400. The molecule has 0 aromatic heterocycles. The maximum Gasteiger partial charge on any atom is 0.137 e. The van der Waals surface area contributed by atoms with E-state index in [-0.39, 0.29) is 10.7 Å². The second-order valence-electron chi connectivity index (χ2n) is 4.94. The second-order valence-corrected chi connectivity index (χ2v) is 7.80. The first kappa shape index (κ1) is 14.4. The first-order valence-electron chi connectivity index (χ1n) is 6.47. The van der Waals surface area contributed by atoms with E-state index in [9.17, 15) is 9.59 Å². The van der Waals surface area contributed by atoms with Crippen molar-refractivity contribution in [3.63, 3.8) is 0 Å². The van der Waals surface area contributed by atoms with Crippen LogP contribution < -0.4 is 10.6 Å². The lowest BCUT2D eigenvalue weighted by molar-refractivity contribution is -0.111. The Balaban J connectivity index is 1.88. The van der Waals surface area contributed by atoms with Crippen LogP contribution in [0.3, 0.4) is 0 Å². The number of hydrogen-bond acceptors (Lipinski definition) is 6. The maximum absolute atomic E-state index is 11.4. The van der Waals surface area contributed by atoms with Gasteiger partial charge in [-0.3, -0.25) is 0 Å². The van der Waals surface area contributed by atoms with Crippen LogP contribution in [0.5, 0.6) is 0 Å². The molecule has 0 amide bonds. The number of carbonyl (C=O) groups is 2. The van der Waals surface area contributed by atoms with Crippen LogP contribution in [0.15, 0.2) is 0 Å². The van der Waals surface area contributed by atoms with Gasteiger partial charge in [-0.25, -0.2) is 0 Å². The van der Waals surface area contributed by atoms with Crippen LogP contribution in [-0.4, -0.2) is 48.7 Å². The van der Waals surface area contributed by atoms with Crippen LogP contribution in [0.1, 0.15) is 19.3 Å². The fourth-order valence-electron chi connectivity index (χ4n) is 2.34. The van der Waals surface area contributed by atoms with Crippen molar-refractivity contribution in [1.29, 1.82) is 0 Å². The normalized spacial score (nSPS) is 31.8. The van der Waals surface area contributed by atoms with Crippen LogP contribution in [0.2, 0.25) is 0 Å². The van der Waals surface area contributed by atoms with Crippen molar-refractivity contribution in [2.24, 2.45) is 5.92 Å². The Morgan fingerprint density at radius 2 is 1.89 bits per heavy atom. The summed E-state index contributed by atoms with van der Waals surface area (Å²) in [7, 11) is 3.40. The van der Waals surface area contributed by atoms with Crippen LogP contribution in [0, 0.1) is 5.92 Å². The van der Waals surface area contributed by atoms with E-state index in [1.807, 2.05) is 0 Å². The maximum atomic E-state index is 11.4. The van der Waals surface area contributed by atoms with Gasteiger partial charge in [0.15, 0.2) is 0 Å². The largest absolute Gasteiger partial charge is 0.317 e. The molecule has 2 aliphatic rings. The third kappa shape index (κ3) is 3.50. The summed E-state index contributed by atoms with van der Waals surface area (Å²) in [6, 6.07) is 0. The molecular formula is C12H20N2O2S2. The fourth-order valence-corrected chi connectivity index (χ4v) is 5.79. The van der Waals surface area contributed by atoms with E-state index < -0.39 is 0 Å². The molecule has 2 heterocycles. The molecule has 2 N–H and O–H groups in total. The van der Waals surface area contributed by atoms with Crippen molar-refractivity contribution >= 4 is 34.2 Å². The van der Waals surface area contributed by atoms with E-state index in [2.05, 4.69) is 10.6 Å². The summed E-state index contributed by atoms with van der Waals surface area (Å²) in [6.07, 6.45) is 4.88. The van der Waals surface area contributed by atoms with Gasteiger partial charge in [0.1, 0.15) is 12.6 Å². The Morgan fingerprint density at radius 3 is 2.56 bits per heavy atom. The smallest absolute Gasteiger partial charge is 0.137 e. The molecule has 0 aromatic rings. The molecule has 2 fully saturated rings. The minimum atomic E-state index is -0.249. The average Bonchev–Trinajstić information content (AvgIpc) is 2.46. The minimum Gasteiger partial charge on any atom is -0.317 e. The second kappa shape index (κ2) is 6.93. The topological polar surface area (TPSA) is 58.2 Å². The van der Waals surface area contributed by atoms with Gasteiger partial charge in [0.2, 0.25) is 0 Å². The van der Waals surface area contributed by atoms with Crippen LogP contribution >= 0.6 is 21.6 Å². The highest BCUT2D eigenvalue weighted by Gasteiger charge is 2.35. The standard InChI is InChI=1S/C12H20N2O2S2/c15-8-10-1-4-14-7-11(10)17-18-12(9-16)2-5-13-6-3-12/h8-11,13-14H,1-7H2. The van der Waals surface area contributed by atoms with Crippen molar-refractivity contribution in [3.05, 3.63) is 0 Å². The monoisotopic (exact) mass is 288 g/mol. The number of piperidine rings is 2. The highest BCUT2D eigenvalue weighted by molar-refractivity contribution is 8.77. The summed E-state index contributed by atoms with van der Waals surface area (Å²) >= 11 is 0. The van der Waals surface area contributed by atoms with Crippen molar-refractivity contribution in [2.45, 2.75) is 29.3 Å². The SMILES string of the molecule is O=CC1CCNCC1SSC1(C=O)CCNCC1. The Morgan fingerprint density at radius 1 is 1.11 bits per heavy atom. The van der Waals surface area contributed by atoms with Gasteiger partial charge in [-0.15, -0.1) is 0 Å². The predicted molar refractivity (Wildman–Crippen MR) is 76.9 cm³/mol. The van der Waals surface area contributed by atoms with E-state index in [1.54, 1.807) is 21.6 Å². The van der Waals surface area contributed by atoms with Gasteiger partial charge in [0, 0.05) is 17.7 Å². The van der Waals surface area contributed by atoms with Crippen molar-refractivity contribution < 1.29 is 9.59 Å². The molecular weight excluding hydrogens is 268 g/mol. The molecule has 6 heteroatoms. The molecule has 102 valence electrons. The van der Waals surface area contributed by atoms with Gasteiger partial charge in [0.25, 0.3) is 0 Å². The predicted octanol–water partition coefficient (Wildman–Crippen LogP) is 0.866. The van der Waals surface area contributed by atoms with E-state index >= 15 is 0 Å². The van der Waals surface area contributed by atoms with Gasteiger partial charge in [-0.1, -0.05) is 21.6 Å². The lowest BCUT2D eigenvalue weighted by atomic mass is 9.99. The lowest BCUT2D eigenvalue weighted by Gasteiger charge is -2.34. The number of nitrogens with one attached hydrogen (secondary N) is 2.